The van der Waals surface area contributed by atoms with Crippen LogP contribution in [0.1, 0.15) is 35.9 Å². The SMILES string of the molecule is CC[C@@]12Cc3nc4ccccc4nc3C[C@@H]1[C@@H](NC)Cc1ccc(OC)c(O)c12. The Morgan fingerprint density at radius 2 is 1.83 bits per heavy atom. The molecule has 5 rings (SSSR count). The second-order valence-corrected chi connectivity index (χ2v) is 8.35. The van der Waals surface area contributed by atoms with Crippen LogP contribution in [0, 0.1) is 5.92 Å². The molecule has 5 nitrogen and oxygen atoms in total. The Bertz CT molecular complexity index is 1100. The van der Waals surface area contributed by atoms with Crippen LogP contribution >= 0.6 is 0 Å². The highest BCUT2D eigenvalue weighted by atomic mass is 16.5. The minimum Gasteiger partial charge on any atom is -0.504 e. The van der Waals surface area contributed by atoms with Crippen molar-refractivity contribution in [2.24, 2.45) is 5.92 Å². The van der Waals surface area contributed by atoms with E-state index in [2.05, 4.69) is 18.3 Å². The molecule has 29 heavy (non-hydrogen) atoms. The quantitative estimate of drug-likeness (QED) is 0.717. The second kappa shape index (κ2) is 6.70. The van der Waals surface area contributed by atoms with Crippen molar-refractivity contribution in [3.05, 3.63) is 58.9 Å². The number of ether oxygens (including phenoxy) is 1. The van der Waals surface area contributed by atoms with Crippen LogP contribution in [0.15, 0.2) is 36.4 Å². The summed E-state index contributed by atoms with van der Waals surface area (Å²) in [6, 6.07) is 12.4. The smallest absolute Gasteiger partial charge is 0.161 e. The molecule has 2 N–H and O–H groups in total. The van der Waals surface area contributed by atoms with Gasteiger partial charge in [0.2, 0.25) is 0 Å². The van der Waals surface area contributed by atoms with Crippen LogP contribution in [-0.4, -0.2) is 35.3 Å². The third-order valence-electron chi connectivity index (χ3n) is 7.20. The van der Waals surface area contributed by atoms with Gasteiger partial charge >= 0.3 is 0 Å². The average molecular weight is 389 g/mol. The van der Waals surface area contributed by atoms with Crippen molar-refractivity contribution in [2.75, 3.05) is 14.2 Å². The minimum atomic E-state index is -0.190. The van der Waals surface area contributed by atoms with Gasteiger partial charge in [0.15, 0.2) is 11.5 Å². The van der Waals surface area contributed by atoms with Crippen LogP contribution in [0.2, 0.25) is 0 Å². The molecule has 5 heteroatoms. The van der Waals surface area contributed by atoms with E-state index in [1.54, 1.807) is 7.11 Å². The van der Waals surface area contributed by atoms with Gasteiger partial charge in [0, 0.05) is 23.4 Å². The number of likely N-dealkylation sites (N-methyl/N-ethyl adjacent to an activating group) is 1. The summed E-state index contributed by atoms with van der Waals surface area (Å²) < 4.78 is 5.47. The van der Waals surface area contributed by atoms with E-state index >= 15 is 0 Å². The lowest BCUT2D eigenvalue weighted by Gasteiger charge is -2.51. The van der Waals surface area contributed by atoms with Crippen LogP contribution < -0.4 is 10.1 Å². The lowest BCUT2D eigenvalue weighted by atomic mass is 9.54. The molecule has 0 amide bonds. The topological polar surface area (TPSA) is 67.3 Å². The monoisotopic (exact) mass is 389 g/mol. The predicted octanol–water partition coefficient (Wildman–Crippen LogP) is 3.55. The predicted molar refractivity (Wildman–Crippen MR) is 114 cm³/mol. The van der Waals surface area contributed by atoms with Crippen LogP contribution in [0.3, 0.4) is 0 Å². The summed E-state index contributed by atoms with van der Waals surface area (Å²) in [5, 5.41) is 14.7. The number of nitrogens with one attached hydrogen (secondary N) is 1. The van der Waals surface area contributed by atoms with E-state index in [1.807, 2.05) is 37.4 Å². The molecule has 2 aliphatic rings. The molecule has 150 valence electrons. The van der Waals surface area contributed by atoms with E-state index in [9.17, 15) is 5.11 Å². The first-order valence-electron chi connectivity index (χ1n) is 10.4. The second-order valence-electron chi connectivity index (χ2n) is 8.35. The van der Waals surface area contributed by atoms with E-state index in [4.69, 9.17) is 14.7 Å². The first-order chi connectivity index (χ1) is 14.1. The molecular formula is C24H27N3O2. The van der Waals surface area contributed by atoms with Crippen LogP contribution in [-0.2, 0) is 24.7 Å². The van der Waals surface area contributed by atoms with Crippen molar-refractivity contribution in [2.45, 2.75) is 44.1 Å². The largest absolute Gasteiger partial charge is 0.504 e. The maximum absolute atomic E-state index is 11.2. The van der Waals surface area contributed by atoms with Crippen molar-refractivity contribution >= 4 is 11.0 Å². The summed E-state index contributed by atoms with van der Waals surface area (Å²) in [4.78, 5) is 9.98. The number of fused-ring (bicyclic) bond motifs is 5. The average Bonchev–Trinajstić information content (AvgIpc) is 2.75. The van der Waals surface area contributed by atoms with Crippen LogP contribution in [0.4, 0.5) is 0 Å². The zero-order chi connectivity index (χ0) is 20.2. The van der Waals surface area contributed by atoms with Gasteiger partial charge in [-0.1, -0.05) is 25.1 Å². The van der Waals surface area contributed by atoms with Gasteiger partial charge in [-0.2, -0.15) is 0 Å². The number of phenolic OH excluding ortho intramolecular Hbond substituents is 1. The molecule has 2 aromatic carbocycles. The first-order valence-corrected chi connectivity index (χ1v) is 10.4. The van der Waals surface area contributed by atoms with Gasteiger partial charge < -0.3 is 15.2 Å². The summed E-state index contributed by atoms with van der Waals surface area (Å²) in [7, 11) is 3.66. The summed E-state index contributed by atoms with van der Waals surface area (Å²) in [5.41, 5.74) is 6.12. The third-order valence-corrected chi connectivity index (χ3v) is 7.20. The number of hydrogen-bond acceptors (Lipinski definition) is 5. The van der Waals surface area contributed by atoms with Gasteiger partial charge in [-0.15, -0.1) is 0 Å². The van der Waals surface area contributed by atoms with Gasteiger partial charge in [-0.3, -0.25) is 0 Å². The molecule has 0 saturated carbocycles. The fraction of sp³-hybridized carbons (Fsp3) is 0.417. The molecule has 1 aromatic heterocycles. The fourth-order valence-electron chi connectivity index (χ4n) is 5.76. The maximum Gasteiger partial charge on any atom is 0.161 e. The molecule has 2 aliphatic carbocycles. The van der Waals surface area contributed by atoms with Crippen LogP contribution in [0.25, 0.3) is 11.0 Å². The Morgan fingerprint density at radius 3 is 2.48 bits per heavy atom. The number of benzene rings is 2. The van der Waals surface area contributed by atoms with Gasteiger partial charge in [0.25, 0.3) is 0 Å². The van der Waals surface area contributed by atoms with E-state index in [-0.39, 0.29) is 5.41 Å². The highest BCUT2D eigenvalue weighted by Crippen LogP contribution is 2.54. The van der Waals surface area contributed by atoms with Crippen molar-refractivity contribution in [1.82, 2.24) is 15.3 Å². The third kappa shape index (κ3) is 2.57. The summed E-state index contributed by atoms with van der Waals surface area (Å²) >= 11 is 0. The highest BCUT2D eigenvalue weighted by molar-refractivity contribution is 5.74. The normalized spacial score (nSPS) is 25.2. The molecule has 3 aromatic rings. The molecular weight excluding hydrogens is 362 g/mol. The Hall–Kier alpha value is -2.66. The van der Waals surface area contributed by atoms with Crippen molar-refractivity contribution in [3.8, 4) is 11.5 Å². The molecule has 0 radical (unpaired) electrons. The van der Waals surface area contributed by atoms with E-state index < -0.39 is 0 Å². The minimum absolute atomic E-state index is 0.190. The van der Waals surface area contributed by atoms with Gasteiger partial charge in [-0.25, -0.2) is 9.97 Å². The number of rotatable bonds is 3. The Balaban J connectivity index is 1.75. The number of phenols is 1. The van der Waals surface area contributed by atoms with Gasteiger partial charge in [-0.05, 0) is 56.0 Å². The molecule has 0 unspecified atom stereocenters. The van der Waals surface area contributed by atoms with E-state index in [0.29, 0.717) is 23.5 Å². The Morgan fingerprint density at radius 1 is 1.10 bits per heavy atom. The Labute approximate surface area is 171 Å². The van der Waals surface area contributed by atoms with E-state index in [0.717, 1.165) is 53.7 Å². The van der Waals surface area contributed by atoms with Crippen LogP contribution in [0.5, 0.6) is 11.5 Å². The Kier molecular flexibility index (Phi) is 4.24. The first kappa shape index (κ1) is 18.4. The van der Waals surface area contributed by atoms with Crippen molar-refractivity contribution < 1.29 is 9.84 Å². The number of para-hydroxylation sites is 2. The number of aromatic hydroxyl groups is 1. The number of hydrogen-bond donors (Lipinski definition) is 2. The lowest BCUT2D eigenvalue weighted by molar-refractivity contribution is 0.155. The van der Waals surface area contributed by atoms with Crippen molar-refractivity contribution in [3.63, 3.8) is 0 Å². The standard InChI is InChI=1S/C24H27N3O2/c1-4-24-13-20-19(26-16-7-5-6-8-17(16)27-20)12-15(24)18(25-2)11-14-9-10-21(29-3)23(28)22(14)24/h5-10,15,18,25,28H,4,11-13H2,1-3H3/t15-,18+,24-/m1/s1. The van der Waals surface area contributed by atoms with Crippen molar-refractivity contribution in [1.29, 1.82) is 0 Å². The summed E-state index contributed by atoms with van der Waals surface area (Å²) in [6.45, 7) is 2.23. The highest BCUT2D eigenvalue weighted by Gasteiger charge is 2.52. The molecule has 0 bridgehead atoms. The molecule has 0 fully saturated rings. The fourth-order valence-corrected chi connectivity index (χ4v) is 5.76. The number of nitrogens with zero attached hydrogens (tertiary/aromatic N) is 2. The molecule has 3 atom stereocenters. The zero-order valence-electron chi connectivity index (χ0n) is 17.2. The lowest BCUT2D eigenvalue weighted by Crippen LogP contribution is -2.55. The van der Waals surface area contributed by atoms with Gasteiger partial charge in [0.05, 0.1) is 29.5 Å². The molecule has 1 heterocycles. The summed E-state index contributed by atoms with van der Waals surface area (Å²) in [5.74, 6) is 1.18. The molecule has 0 spiro atoms. The molecule has 0 saturated heterocycles. The number of methoxy groups -OCH3 is 1. The van der Waals surface area contributed by atoms with E-state index in [1.165, 1.54) is 5.56 Å². The maximum atomic E-state index is 11.2. The molecule has 0 aliphatic heterocycles. The summed E-state index contributed by atoms with van der Waals surface area (Å²) in [6.07, 6.45) is 3.47. The number of aromatic nitrogens is 2. The van der Waals surface area contributed by atoms with Gasteiger partial charge in [0.1, 0.15) is 0 Å². The zero-order valence-corrected chi connectivity index (χ0v) is 17.2.